The molecule has 19 heavy (non-hydrogen) atoms. The molecule has 4 heteroatoms. The van der Waals surface area contributed by atoms with Gasteiger partial charge in [0.1, 0.15) is 5.82 Å². The van der Waals surface area contributed by atoms with Crippen LogP contribution in [0, 0.1) is 12.8 Å². The van der Waals surface area contributed by atoms with Crippen molar-refractivity contribution in [2.45, 2.75) is 32.7 Å². The molecule has 104 valence electrons. The Kier molecular flexibility index (Phi) is 4.48. The summed E-state index contributed by atoms with van der Waals surface area (Å²) in [4.78, 5) is 4.68. The van der Waals surface area contributed by atoms with Crippen molar-refractivity contribution in [3.05, 3.63) is 29.6 Å². The molecule has 0 saturated heterocycles. The van der Waals surface area contributed by atoms with Gasteiger partial charge in [-0.2, -0.15) is 0 Å². The van der Waals surface area contributed by atoms with Crippen LogP contribution in [0.3, 0.4) is 0 Å². The van der Waals surface area contributed by atoms with Crippen LogP contribution in [0.5, 0.6) is 0 Å². The van der Waals surface area contributed by atoms with Gasteiger partial charge in [-0.1, -0.05) is 13.0 Å². The largest absolute Gasteiger partial charge is 0.384 e. The molecule has 0 aliphatic rings. The van der Waals surface area contributed by atoms with Gasteiger partial charge in [0.15, 0.2) is 0 Å². The van der Waals surface area contributed by atoms with Gasteiger partial charge in [0.2, 0.25) is 0 Å². The van der Waals surface area contributed by atoms with E-state index in [2.05, 4.69) is 41.6 Å². The SMILES string of the molecule is COCC(C)Cn1c(C(C)Cl)nc2cc(C)ccc21. The number of imidazole rings is 1. The minimum Gasteiger partial charge on any atom is -0.384 e. The van der Waals surface area contributed by atoms with Crippen LogP contribution >= 0.6 is 11.6 Å². The number of ether oxygens (including phenoxy) is 1. The molecule has 0 bridgehead atoms. The quantitative estimate of drug-likeness (QED) is 0.776. The first-order valence-electron chi connectivity index (χ1n) is 6.62. The first-order chi connectivity index (χ1) is 9.02. The molecule has 0 N–H and O–H groups in total. The van der Waals surface area contributed by atoms with Crippen LogP contribution in [-0.4, -0.2) is 23.3 Å². The predicted molar refractivity (Wildman–Crippen MR) is 79.8 cm³/mol. The summed E-state index contributed by atoms with van der Waals surface area (Å²) in [5, 5.41) is -0.0950. The molecule has 0 aliphatic heterocycles. The molecule has 0 radical (unpaired) electrons. The Morgan fingerprint density at radius 3 is 2.74 bits per heavy atom. The lowest BCUT2D eigenvalue weighted by molar-refractivity contribution is 0.151. The van der Waals surface area contributed by atoms with Crippen LogP contribution in [0.25, 0.3) is 11.0 Å². The Hall–Kier alpha value is -1.06. The number of fused-ring (bicyclic) bond motifs is 1. The molecule has 0 aliphatic carbocycles. The van der Waals surface area contributed by atoms with Crippen molar-refractivity contribution in [2.75, 3.05) is 13.7 Å². The highest BCUT2D eigenvalue weighted by Gasteiger charge is 2.16. The summed E-state index contributed by atoms with van der Waals surface area (Å²) in [5.41, 5.74) is 3.39. The summed E-state index contributed by atoms with van der Waals surface area (Å²) in [7, 11) is 1.73. The van der Waals surface area contributed by atoms with Crippen molar-refractivity contribution < 1.29 is 4.74 Å². The summed E-state index contributed by atoms with van der Waals surface area (Å²) in [6.07, 6.45) is 0. The molecule has 1 heterocycles. The number of rotatable bonds is 5. The van der Waals surface area contributed by atoms with Gasteiger partial charge in [-0.25, -0.2) is 4.98 Å². The van der Waals surface area contributed by atoms with Gasteiger partial charge in [-0.15, -0.1) is 11.6 Å². The molecule has 2 aromatic rings. The highest BCUT2D eigenvalue weighted by atomic mass is 35.5. The van der Waals surface area contributed by atoms with Crippen LogP contribution in [-0.2, 0) is 11.3 Å². The van der Waals surface area contributed by atoms with Crippen LogP contribution in [0.4, 0.5) is 0 Å². The number of methoxy groups -OCH3 is 1. The van der Waals surface area contributed by atoms with Crippen LogP contribution in [0.1, 0.15) is 30.6 Å². The zero-order valence-corrected chi connectivity index (χ0v) is 12.7. The predicted octanol–water partition coefficient (Wildman–Crippen LogP) is 3.93. The fourth-order valence-electron chi connectivity index (χ4n) is 2.40. The van der Waals surface area contributed by atoms with E-state index < -0.39 is 0 Å². The van der Waals surface area contributed by atoms with Crippen molar-refractivity contribution in [3.8, 4) is 0 Å². The number of alkyl halides is 1. The number of benzene rings is 1. The maximum Gasteiger partial charge on any atom is 0.127 e. The minimum atomic E-state index is -0.0950. The van der Waals surface area contributed by atoms with Gasteiger partial charge in [0.25, 0.3) is 0 Å². The third kappa shape index (κ3) is 3.10. The van der Waals surface area contributed by atoms with Gasteiger partial charge in [0.05, 0.1) is 23.0 Å². The fourth-order valence-corrected chi connectivity index (χ4v) is 2.57. The lowest BCUT2D eigenvalue weighted by Gasteiger charge is -2.15. The van der Waals surface area contributed by atoms with E-state index in [1.807, 2.05) is 6.92 Å². The van der Waals surface area contributed by atoms with Gasteiger partial charge in [-0.05, 0) is 37.5 Å². The number of halogens is 1. The number of hydrogen-bond acceptors (Lipinski definition) is 2. The Morgan fingerprint density at radius 1 is 1.37 bits per heavy atom. The summed E-state index contributed by atoms with van der Waals surface area (Å²) < 4.78 is 7.44. The summed E-state index contributed by atoms with van der Waals surface area (Å²) in [6.45, 7) is 7.83. The average Bonchev–Trinajstić information content (AvgIpc) is 2.67. The van der Waals surface area contributed by atoms with Crippen LogP contribution < -0.4 is 0 Å². The second kappa shape index (κ2) is 5.93. The highest BCUT2D eigenvalue weighted by molar-refractivity contribution is 6.20. The van der Waals surface area contributed by atoms with Gasteiger partial charge >= 0.3 is 0 Å². The molecule has 0 saturated carbocycles. The second-order valence-corrected chi connectivity index (χ2v) is 5.90. The van der Waals surface area contributed by atoms with Crippen molar-refractivity contribution in [1.29, 1.82) is 0 Å². The third-order valence-electron chi connectivity index (χ3n) is 3.23. The van der Waals surface area contributed by atoms with Crippen molar-refractivity contribution >= 4 is 22.6 Å². The Balaban J connectivity index is 2.46. The second-order valence-electron chi connectivity index (χ2n) is 5.25. The highest BCUT2D eigenvalue weighted by Crippen LogP contribution is 2.26. The summed E-state index contributed by atoms with van der Waals surface area (Å²) in [5.74, 6) is 1.36. The number of hydrogen-bond donors (Lipinski definition) is 0. The first kappa shape index (κ1) is 14.4. The van der Waals surface area contributed by atoms with Gasteiger partial charge < -0.3 is 9.30 Å². The molecule has 0 fully saturated rings. The first-order valence-corrected chi connectivity index (χ1v) is 7.06. The topological polar surface area (TPSA) is 27.1 Å². The monoisotopic (exact) mass is 280 g/mol. The van der Waals surface area contributed by atoms with Crippen molar-refractivity contribution in [3.63, 3.8) is 0 Å². The number of nitrogens with zero attached hydrogens (tertiary/aromatic N) is 2. The Labute approximate surface area is 119 Å². The van der Waals surface area contributed by atoms with E-state index in [4.69, 9.17) is 16.3 Å². The fraction of sp³-hybridized carbons (Fsp3) is 0.533. The summed E-state index contributed by atoms with van der Waals surface area (Å²) >= 11 is 6.27. The maximum atomic E-state index is 6.27. The Bertz CT molecular complexity index is 563. The molecule has 0 amide bonds. The normalized spacial score (nSPS) is 14.8. The molecule has 2 rings (SSSR count). The van der Waals surface area contributed by atoms with Crippen molar-refractivity contribution in [1.82, 2.24) is 9.55 Å². The standard InChI is InChI=1S/C15H21ClN2O/c1-10-5-6-14-13(7-10)17-15(12(3)16)18(14)8-11(2)9-19-4/h5-7,11-12H,8-9H2,1-4H3. The third-order valence-corrected chi connectivity index (χ3v) is 3.43. The van der Waals surface area contributed by atoms with Crippen LogP contribution in [0.2, 0.25) is 0 Å². The Morgan fingerprint density at radius 2 is 2.11 bits per heavy atom. The molecule has 0 spiro atoms. The average molecular weight is 281 g/mol. The van der Waals surface area contributed by atoms with E-state index in [0.717, 1.165) is 30.0 Å². The molecule has 2 unspecified atom stereocenters. The zero-order valence-electron chi connectivity index (χ0n) is 12.0. The maximum absolute atomic E-state index is 6.27. The molecule has 3 nitrogen and oxygen atoms in total. The molecule has 2 atom stereocenters. The van der Waals surface area contributed by atoms with E-state index in [0.29, 0.717) is 5.92 Å². The summed E-state index contributed by atoms with van der Waals surface area (Å²) in [6, 6.07) is 6.35. The zero-order chi connectivity index (χ0) is 14.0. The lowest BCUT2D eigenvalue weighted by atomic mass is 10.2. The molecular weight excluding hydrogens is 260 g/mol. The minimum absolute atomic E-state index is 0.0950. The van der Waals surface area contributed by atoms with E-state index in [1.165, 1.54) is 5.56 Å². The van der Waals surface area contributed by atoms with E-state index >= 15 is 0 Å². The number of aryl methyl sites for hydroxylation is 1. The van der Waals surface area contributed by atoms with Crippen LogP contribution in [0.15, 0.2) is 18.2 Å². The van der Waals surface area contributed by atoms with Gasteiger partial charge in [0, 0.05) is 13.7 Å². The van der Waals surface area contributed by atoms with Gasteiger partial charge in [-0.3, -0.25) is 0 Å². The van der Waals surface area contributed by atoms with E-state index in [9.17, 15) is 0 Å². The van der Waals surface area contributed by atoms with E-state index in [1.54, 1.807) is 7.11 Å². The number of aromatic nitrogens is 2. The van der Waals surface area contributed by atoms with E-state index in [-0.39, 0.29) is 5.38 Å². The smallest absolute Gasteiger partial charge is 0.127 e. The van der Waals surface area contributed by atoms with Crippen molar-refractivity contribution in [2.24, 2.45) is 5.92 Å². The molecular formula is C15H21ClN2O. The molecule has 1 aromatic carbocycles. The lowest BCUT2D eigenvalue weighted by Crippen LogP contribution is -2.15. The molecule has 1 aromatic heterocycles.